The molecule has 2 aromatic rings. The van der Waals surface area contributed by atoms with Crippen LogP contribution >= 0.6 is 12.2 Å². The molecular weight excluding hydrogens is 289 g/mol. The molecule has 0 aliphatic heterocycles. The number of alkyl halides is 3. The minimum Gasteiger partial charge on any atom is -0.477 e. The molecule has 0 spiro atoms. The minimum atomic E-state index is -4.26. The molecule has 7 heteroatoms. The van der Waals surface area contributed by atoms with Crippen LogP contribution in [0.3, 0.4) is 0 Å². The molecule has 1 aromatic heterocycles. The predicted octanol–water partition coefficient (Wildman–Crippen LogP) is 3.20. The second-order valence-electron chi connectivity index (χ2n) is 4.10. The largest absolute Gasteiger partial charge is 0.477 e. The van der Waals surface area contributed by atoms with E-state index in [9.17, 15) is 13.2 Å². The molecule has 3 nitrogen and oxygen atoms in total. The van der Waals surface area contributed by atoms with E-state index in [0.29, 0.717) is 11.1 Å². The number of halogens is 3. The third-order valence-electron chi connectivity index (χ3n) is 2.59. The van der Waals surface area contributed by atoms with Gasteiger partial charge in [-0.3, -0.25) is 0 Å². The van der Waals surface area contributed by atoms with E-state index < -0.39 is 19.2 Å². The molecule has 0 saturated carbocycles. The lowest BCUT2D eigenvalue weighted by atomic mass is 10.1. The van der Waals surface area contributed by atoms with Gasteiger partial charge < -0.3 is 10.5 Å². The molecule has 0 aliphatic carbocycles. The molecule has 0 bridgehead atoms. The summed E-state index contributed by atoms with van der Waals surface area (Å²) in [5.74, 6) is 0.0794. The maximum atomic E-state index is 12.1. The van der Waals surface area contributed by atoms with Crippen LogP contribution in [0.5, 0.6) is 5.88 Å². The van der Waals surface area contributed by atoms with Gasteiger partial charge in [-0.1, -0.05) is 30.4 Å². The first-order valence-corrected chi connectivity index (χ1v) is 6.17. The number of nitrogens with zero attached hydrogens (tertiary/aromatic N) is 1. The van der Waals surface area contributed by atoms with Gasteiger partial charge in [-0.25, -0.2) is 4.98 Å². The first-order valence-electron chi connectivity index (χ1n) is 5.76. The Kier molecular flexibility index (Phi) is 4.08. The molecule has 106 valence electrons. The van der Waals surface area contributed by atoms with E-state index in [1.807, 2.05) is 0 Å². The smallest absolute Gasteiger partial charge is 0.392 e. The van der Waals surface area contributed by atoms with Crippen molar-refractivity contribution >= 4 is 28.1 Å². The Morgan fingerprint density at radius 2 is 2.00 bits per heavy atom. The van der Waals surface area contributed by atoms with Crippen LogP contribution < -0.4 is 10.5 Å². The Morgan fingerprint density at radius 1 is 1.30 bits per heavy atom. The first-order chi connectivity index (χ1) is 9.37. The highest BCUT2D eigenvalue weighted by Gasteiger charge is 2.27. The van der Waals surface area contributed by atoms with Crippen LogP contribution in [0.15, 0.2) is 30.3 Å². The van der Waals surface area contributed by atoms with E-state index >= 15 is 0 Å². The molecule has 2 N–H and O–H groups in total. The Morgan fingerprint density at radius 3 is 2.65 bits per heavy atom. The second kappa shape index (κ2) is 5.62. The van der Waals surface area contributed by atoms with Gasteiger partial charge in [0.25, 0.3) is 0 Å². The zero-order chi connectivity index (χ0) is 14.8. The van der Waals surface area contributed by atoms with Gasteiger partial charge in [0.2, 0.25) is 5.88 Å². The number of rotatable bonds is 4. The lowest BCUT2D eigenvalue weighted by Crippen LogP contribution is -2.14. The Labute approximate surface area is 118 Å². The van der Waals surface area contributed by atoms with Gasteiger partial charge >= 0.3 is 6.18 Å². The van der Waals surface area contributed by atoms with E-state index in [1.165, 1.54) is 6.07 Å². The van der Waals surface area contributed by atoms with Gasteiger partial charge in [0.05, 0.1) is 18.5 Å². The number of aromatic nitrogens is 1. The van der Waals surface area contributed by atoms with Crippen LogP contribution in [-0.4, -0.2) is 22.8 Å². The van der Waals surface area contributed by atoms with E-state index in [1.54, 1.807) is 24.3 Å². The highest BCUT2D eigenvalue weighted by molar-refractivity contribution is 7.80. The van der Waals surface area contributed by atoms with Gasteiger partial charge in [-0.15, -0.1) is 0 Å². The lowest BCUT2D eigenvalue weighted by molar-refractivity contribution is -0.139. The third kappa shape index (κ3) is 3.57. The van der Waals surface area contributed by atoms with Crippen LogP contribution in [0.4, 0.5) is 13.2 Å². The van der Waals surface area contributed by atoms with Crippen molar-refractivity contribution in [3.05, 3.63) is 35.9 Å². The minimum absolute atomic E-state index is 0.0794. The number of ether oxygens (including phenoxy) is 1. The summed E-state index contributed by atoms with van der Waals surface area (Å²) in [5.41, 5.74) is 6.72. The molecule has 2 rings (SSSR count). The summed E-state index contributed by atoms with van der Waals surface area (Å²) in [6.07, 6.45) is -5.30. The number of hydrogen-bond acceptors (Lipinski definition) is 3. The fourth-order valence-corrected chi connectivity index (χ4v) is 1.87. The molecule has 0 unspecified atom stereocenters. The van der Waals surface area contributed by atoms with E-state index in [2.05, 4.69) is 4.98 Å². The average molecular weight is 300 g/mol. The number of thiocarbonyl (C=S) groups is 1. The van der Waals surface area contributed by atoms with Crippen molar-refractivity contribution in [2.45, 2.75) is 12.6 Å². The van der Waals surface area contributed by atoms with Crippen LogP contribution in [0.1, 0.15) is 12.0 Å². The SMILES string of the molecule is NC(=S)c1cc(OCCC(F)(F)F)nc2ccccc12. The van der Waals surface area contributed by atoms with Gasteiger partial charge in [0, 0.05) is 17.0 Å². The summed E-state index contributed by atoms with van der Waals surface area (Å²) >= 11 is 4.94. The van der Waals surface area contributed by atoms with Gasteiger partial charge in [0.15, 0.2) is 0 Å². The molecule has 0 amide bonds. The molecule has 0 saturated heterocycles. The maximum absolute atomic E-state index is 12.1. The summed E-state index contributed by atoms with van der Waals surface area (Å²) in [6, 6.07) is 8.53. The van der Waals surface area contributed by atoms with E-state index in [4.69, 9.17) is 22.7 Å². The van der Waals surface area contributed by atoms with Crippen molar-refractivity contribution in [3.8, 4) is 5.88 Å². The highest BCUT2D eigenvalue weighted by Crippen LogP contribution is 2.23. The molecule has 0 atom stereocenters. The first kappa shape index (κ1) is 14.5. The van der Waals surface area contributed by atoms with Crippen LogP contribution in [0.2, 0.25) is 0 Å². The molecule has 0 radical (unpaired) electrons. The zero-order valence-corrected chi connectivity index (χ0v) is 11.1. The molecular formula is C13H11F3N2OS. The maximum Gasteiger partial charge on any atom is 0.392 e. The standard InChI is InChI=1S/C13H11F3N2OS/c14-13(15,16)5-6-19-11-7-9(12(17)20)8-3-1-2-4-10(8)18-11/h1-4,7H,5-6H2,(H2,17,20). The van der Waals surface area contributed by atoms with Crippen molar-refractivity contribution in [1.29, 1.82) is 0 Å². The Hall–Kier alpha value is -1.89. The fourth-order valence-electron chi connectivity index (χ4n) is 1.70. The lowest BCUT2D eigenvalue weighted by Gasteiger charge is -2.11. The number of para-hydroxylation sites is 1. The fraction of sp³-hybridized carbons (Fsp3) is 0.231. The van der Waals surface area contributed by atoms with Crippen LogP contribution in [0.25, 0.3) is 10.9 Å². The van der Waals surface area contributed by atoms with Gasteiger partial charge in [-0.2, -0.15) is 13.2 Å². The van der Waals surface area contributed by atoms with Gasteiger partial charge in [-0.05, 0) is 6.07 Å². The monoisotopic (exact) mass is 300 g/mol. The average Bonchev–Trinajstić information content (AvgIpc) is 2.36. The number of nitrogens with two attached hydrogens (primary N) is 1. The Bertz CT molecular complexity index is 643. The summed E-state index contributed by atoms with van der Waals surface area (Å²) in [7, 11) is 0. The highest BCUT2D eigenvalue weighted by atomic mass is 32.1. The number of pyridine rings is 1. The number of hydrogen-bond donors (Lipinski definition) is 1. The zero-order valence-electron chi connectivity index (χ0n) is 10.3. The van der Waals surface area contributed by atoms with Gasteiger partial charge in [0.1, 0.15) is 4.99 Å². The van der Waals surface area contributed by atoms with Crippen molar-refractivity contribution < 1.29 is 17.9 Å². The van der Waals surface area contributed by atoms with Crippen molar-refractivity contribution in [1.82, 2.24) is 4.98 Å². The molecule has 0 aliphatic rings. The number of fused-ring (bicyclic) bond motifs is 1. The summed E-state index contributed by atoms with van der Waals surface area (Å²) in [5, 5.41) is 0.739. The molecule has 1 aromatic carbocycles. The molecule has 20 heavy (non-hydrogen) atoms. The quantitative estimate of drug-likeness (QED) is 0.881. The summed E-state index contributed by atoms with van der Waals surface area (Å²) in [4.78, 5) is 4.28. The van der Waals surface area contributed by atoms with E-state index in [0.717, 1.165) is 5.39 Å². The molecule has 1 heterocycles. The summed E-state index contributed by atoms with van der Waals surface area (Å²) in [6.45, 7) is -0.494. The normalized spacial score (nSPS) is 11.6. The van der Waals surface area contributed by atoms with E-state index in [-0.39, 0.29) is 10.9 Å². The van der Waals surface area contributed by atoms with Crippen molar-refractivity contribution in [2.75, 3.05) is 6.61 Å². The molecule has 0 fully saturated rings. The number of benzene rings is 1. The second-order valence-corrected chi connectivity index (χ2v) is 4.54. The van der Waals surface area contributed by atoms with Crippen molar-refractivity contribution in [2.24, 2.45) is 5.73 Å². The van der Waals surface area contributed by atoms with Crippen LogP contribution in [0, 0.1) is 0 Å². The Balaban J connectivity index is 2.28. The summed E-state index contributed by atoms with van der Waals surface area (Å²) < 4.78 is 41.3. The van der Waals surface area contributed by atoms with Crippen molar-refractivity contribution in [3.63, 3.8) is 0 Å². The topological polar surface area (TPSA) is 48.1 Å². The predicted molar refractivity (Wildman–Crippen MR) is 73.8 cm³/mol. The van der Waals surface area contributed by atoms with Crippen LogP contribution in [-0.2, 0) is 0 Å². The third-order valence-corrected chi connectivity index (χ3v) is 2.81.